The summed E-state index contributed by atoms with van der Waals surface area (Å²) in [6, 6.07) is 7.98. The van der Waals surface area contributed by atoms with Gasteiger partial charge in [0.1, 0.15) is 5.69 Å². The Morgan fingerprint density at radius 2 is 1.80 bits per heavy atom. The molecule has 0 aliphatic rings. The minimum atomic E-state index is -3.87. The molecule has 0 aliphatic carbocycles. The second kappa shape index (κ2) is 10.5. The highest BCUT2D eigenvalue weighted by molar-refractivity contribution is 7.89. The molecule has 0 aliphatic heterocycles. The average Bonchev–Trinajstić information content (AvgIpc) is 3.02. The molecule has 9 heteroatoms. The van der Waals surface area contributed by atoms with E-state index >= 15 is 0 Å². The Morgan fingerprint density at radius 3 is 2.40 bits per heavy atom. The zero-order valence-corrected chi connectivity index (χ0v) is 18.5. The number of aryl methyl sites for hydroxylation is 1. The molecule has 0 bridgehead atoms. The van der Waals surface area contributed by atoms with Crippen molar-refractivity contribution in [2.45, 2.75) is 32.1 Å². The molecule has 0 atom stereocenters. The zero-order chi connectivity index (χ0) is 22.3. The number of aromatic nitrogens is 1. The van der Waals surface area contributed by atoms with Gasteiger partial charge in [0, 0.05) is 31.5 Å². The summed E-state index contributed by atoms with van der Waals surface area (Å²) in [5.41, 5.74) is 1.45. The molecule has 0 amide bonds. The van der Waals surface area contributed by atoms with Crippen molar-refractivity contribution >= 4 is 21.8 Å². The van der Waals surface area contributed by atoms with Crippen molar-refractivity contribution in [3.05, 3.63) is 52.8 Å². The highest BCUT2D eigenvalue weighted by Crippen LogP contribution is 2.22. The van der Waals surface area contributed by atoms with Crippen LogP contribution in [0.25, 0.3) is 0 Å². The van der Waals surface area contributed by atoms with Gasteiger partial charge in [-0.3, -0.25) is 4.79 Å². The van der Waals surface area contributed by atoms with E-state index in [0.717, 1.165) is 4.31 Å². The summed E-state index contributed by atoms with van der Waals surface area (Å²) in [7, 11) is -2.34. The minimum Gasteiger partial charge on any atom is -0.461 e. The molecule has 1 aromatic heterocycles. The minimum absolute atomic E-state index is 0.116. The van der Waals surface area contributed by atoms with Crippen molar-refractivity contribution in [3.8, 4) is 0 Å². The summed E-state index contributed by atoms with van der Waals surface area (Å²) in [5.74, 6) is -0.945. The van der Waals surface area contributed by atoms with Crippen molar-refractivity contribution in [1.82, 2.24) is 9.29 Å². The molecular formula is C21H28N2O6S. The fourth-order valence-corrected chi connectivity index (χ4v) is 4.68. The van der Waals surface area contributed by atoms with Crippen LogP contribution in [0.2, 0.25) is 0 Å². The first-order valence-corrected chi connectivity index (χ1v) is 11.1. The monoisotopic (exact) mass is 436 g/mol. The third kappa shape index (κ3) is 5.35. The average molecular weight is 437 g/mol. The van der Waals surface area contributed by atoms with Gasteiger partial charge in [0.05, 0.1) is 18.0 Å². The Morgan fingerprint density at radius 1 is 1.13 bits per heavy atom. The second-order valence-electron chi connectivity index (χ2n) is 6.77. The SMILES string of the molecule is CCOC(=O)c1[nH]c(C)c(C(=O)CN(CCCOC)S(=O)(=O)c2ccccc2)c1C. The number of Topliss-reactive ketones (excluding diaryl/α,β-unsaturated/α-hetero) is 1. The molecule has 0 unspecified atom stereocenters. The lowest BCUT2D eigenvalue weighted by molar-refractivity contribution is 0.0519. The lowest BCUT2D eigenvalue weighted by Gasteiger charge is -2.21. The van der Waals surface area contributed by atoms with Crippen LogP contribution in [0.3, 0.4) is 0 Å². The van der Waals surface area contributed by atoms with Crippen molar-refractivity contribution in [1.29, 1.82) is 0 Å². The van der Waals surface area contributed by atoms with Crippen LogP contribution in [0.15, 0.2) is 35.2 Å². The Balaban J connectivity index is 2.34. The number of esters is 1. The topological polar surface area (TPSA) is 106 Å². The first kappa shape index (κ1) is 23.8. The van der Waals surface area contributed by atoms with Crippen molar-refractivity contribution in [3.63, 3.8) is 0 Å². The van der Waals surface area contributed by atoms with Gasteiger partial charge in [-0.15, -0.1) is 0 Å². The number of hydrogen-bond donors (Lipinski definition) is 1. The molecule has 1 N–H and O–H groups in total. The van der Waals surface area contributed by atoms with E-state index in [1.165, 1.54) is 19.2 Å². The van der Waals surface area contributed by atoms with Gasteiger partial charge >= 0.3 is 5.97 Å². The zero-order valence-electron chi connectivity index (χ0n) is 17.7. The molecule has 0 radical (unpaired) electrons. The van der Waals surface area contributed by atoms with E-state index in [2.05, 4.69) is 4.98 Å². The van der Waals surface area contributed by atoms with Gasteiger partial charge in [-0.2, -0.15) is 4.31 Å². The largest absolute Gasteiger partial charge is 0.461 e. The van der Waals surface area contributed by atoms with E-state index < -0.39 is 21.8 Å². The second-order valence-corrected chi connectivity index (χ2v) is 8.70. The van der Waals surface area contributed by atoms with Crippen molar-refractivity contribution < 1.29 is 27.5 Å². The number of nitrogens with one attached hydrogen (secondary N) is 1. The summed E-state index contributed by atoms with van der Waals surface area (Å²) in [4.78, 5) is 28.2. The van der Waals surface area contributed by atoms with Crippen molar-refractivity contribution in [2.75, 3.05) is 33.4 Å². The number of methoxy groups -OCH3 is 1. The van der Waals surface area contributed by atoms with Crippen LogP contribution < -0.4 is 0 Å². The smallest absolute Gasteiger partial charge is 0.355 e. The molecule has 0 fully saturated rings. The molecule has 164 valence electrons. The Labute approximate surface area is 177 Å². The third-order valence-electron chi connectivity index (χ3n) is 4.65. The predicted molar refractivity (Wildman–Crippen MR) is 112 cm³/mol. The van der Waals surface area contributed by atoms with Gasteiger partial charge < -0.3 is 14.5 Å². The molecule has 0 saturated carbocycles. The summed E-state index contributed by atoms with van der Waals surface area (Å²) >= 11 is 0. The fraction of sp³-hybridized carbons (Fsp3) is 0.429. The van der Waals surface area contributed by atoms with Gasteiger partial charge in [-0.25, -0.2) is 13.2 Å². The highest BCUT2D eigenvalue weighted by atomic mass is 32.2. The summed E-state index contributed by atoms with van der Waals surface area (Å²) in [5, 5.41) is 0. The van der Waals surface area contributed by atoms with Gasteiger partial charge in [-0.05, 0) is 44.9 Å². The van der Waals surface area contributed by atoms with Gasteiger partial charge in [-0.1, -0.05) is 18.2 Å². The van der Waals surface area contributed by atoms with Crippen LogP contribution in [0.1, 0.15) is 45.4 Å². The molecule has 2 aromatic rings. The van der Waals surface area contributed by atoms with Gasteiger partial charge in [0.25, 0.3) is 0 Å². The number of nitrogens with zero attached hydrogens (tertiary/aromatic N) is 1. The molecule has 2 rings (SSSR count). The van der Waals surface area contributed by atoms with Gasteiger partial charge in [0.2, 0.25) is 10.0 Å². The van der Waals surface area contributed by atoms with Crippen LogP contribution in [0, 0.1) is 13.8 Å². The Hall–Kier alpha value is -2.49. The molecule has 0 spiro atoms. The molecular weight excluding hydrogens is 408 g/mol. The summed E-state index contributed by atoms with van der Waals surface area (Å²) in [6.45, 7) is 5.37. The Bertz CT molecular complexity index is 982. The van der Waals surface area contributed by atoms with Crippen LogP contribution in [0.4, 0.5) is 0 Å². The van der Waals surface area contributed by atoms with Gasteiger partial charge in [0.15, 0.2) is 5.78 Å². The first-order valence-electron chi connectivity index (χ1n) is 9.67. The first-order chi connectivity index (χ1) is 14.2. The summed E-state index contributed by atoms with van der Waals surface area (Å²) < 4.78 is 37.4. The highest BCUT2D eigenvalue weighted by Gasteiger charge is 2.29. The number of aromatic amines is 1. The lowest BCUT2D eigenvalue weighted by atomic mass is 10.1. The Kier molecular flexibility index (Phi) is 8.33. The maximum atomic E-state index is 13.1. The van der Waals surface area contributed by atoms with Crippen LogP contribution in [-0.2, 0) is 19.5 Å². The maximum absolute atomic E-state index is 13.1. The number of H-pyrrole nitrogens is 1. The molecule has 1 aromatic carbocycles. The number of benzene rings is 1. The van der Waals surface area contributed by atoms with Crippen LogP contribution in [-0.4, -0.2) is 62.9 Å². The van der Waals surface area contributed by atoms with E-state index in [9.17, 15) is 18.0 Å². The molecule has 1 heterocycles. The standard InChI is InChI=1S/C21H28N2O6S/c1-5-29-21(25)20-15(2)19(16(3)22-20)18(24)14-23(12-9-13-28-4)30(26,27)17-10-7-6-8-11-17/h6-8,10-11,22H,5,9,12-14H2,1-4H3. The van der Waals surface area contributed by atoms with Crippen LogP contribution >= 0.6 is 0 Å². The van der Waals surface area contributed by atoms with E-state index in [1.54, 1.807) is 39.0 Å². The molecule has 8 nitrogen and oxygen atoms in total. The number of ketones is 1. The fourth-order valence-electron chi connectivity index (χ4n) is 3.23. The van der Waals surface area contributed by atoms with E-state index in [4.69, 9.17) is 9.47 Å². The van der Waals surface area contributed by atoms with Crippen LogP contribution in [0.5, 0.6) is 0 Å². The van der Waals surface area contributed by atoms with E-state index in [0.29, 0.717) is 29.8 Å². The number of carbonyl (C=O) groups is 2. The number of ether oxygens (including phenoxy) is 2. The summed E-state index contributed by atoms with van der Waals surface area (Å²) in [6.07, 6.45) is 0.440. The number of rotatable bonds is 11. The normalized spacial score (nSPS) is 11.6. The predicted octanol–water partition coefficient (Wildman–Crippen LogP) is 2.72. The van der Waals surface area contributed by atoms with E-state index in [1.807, 2.05) is 0 Å². The molecule has 0 saturated heterocycles. The lowest BCUT2D eigenvalue weighted by Crippen LogP contribution is -2.37. The number of hydrogen-bond acceptors (Lipinski definition) is 6. The number of sulfonamides is 1. The molecule has 30 heavy (non-hydrogen) atoms. The van der Waals surface area contributed by atoms with E-state index in [-0.39, 0.29) is 30.3 Å². The maximum Gasteiger partial charge on any atom is 0.355 e. The van der Waals surface area contributed by atoms with Crippen molar-refractivity contribution in [2.24, 2.45) is 0 Å². The number of carbonyl (C=O) groups excluding carboxylic acids is 2. The quantitative estimate of drug-likeness (QED) is 0.330. The third-order valence-corrected chi connectivity index (χ3v) is 6.51.